The molecule has 0 aliphatic carbocycles. The van der Waals surface area contributed by atoms with Gasteiger partial charge in [0.25, 0.3) is 5.91 Å². The van der Waals surface area contributed by atoms with Crippen molar-refractivity contribution in [3.63, 3.8) is 0 Å². The summed E-state index contributed by atoms with van der Waals surface area (Å²) in [7, 11) is 2.11. The third-order valence-electron chi connectivity index (χ3n) is 7.45. The zero-order valence-corrected chi connectivity index (χ0v) is 24.7. The number of fused-ring (bicyclic) bond motifs is 1. The van der Waals surface area contributed by atoms with Gasteiger partial charge >= 0.3 is 0 Å². The van der Waals surface area contributed by atoms with Crippen molar-refractivity contribution in [1.82, 2.24) is 19.4 Å². The van der Waals surface area contributed by atoms with E-state index in [-0.39, 0.29) is 6.10 Å². The average Bonchev–Trinajstić information content (AvgIpc) is 3.59. The van der Waals surface area contributed by atoms with Gasteiger partial charge in [-0.1, -0.05) is 29.8 Å². The molecule has 0 bridgehead atoms. The molecule has 1 unspecified atom stereocenters. The number of imidazole rings is 1. The SMILES string of the molecule is CC(Oc1cc(-n2cnc3cc(-c4ccc(F)nc4)ccc32)sc1C(N)=O)c1cccc(OC2CCN(C)CC2)c1Cl. The van der Waals surface area contributed by atoms with Crippen molar-refractivity contribution in [2.45, 2.75) is 32.0 Å². The highest BCUT2D eigenvalue weighted by Crippen LogP contribution is 2.39. The van der Waals surface area contributed by atoms with Crippen LogP contribution < -0.4 is 15.2 Å². The molecule has 1 aliphatic rings. The highest BCUT2D eigenvalue weighted by molar-refractivity contribution is 7.16. The van der Waals surface area contributed by atoms with Crippen molar-refractivity contribution >= 4 is 39.9 Å². The molecule has 5 aromatic rings. The van der Waals surface area contributed by atoms with Crippen LogP contribution in [0.15, 0.2) is 67.1 Å². The first-order valence-corrected chi connectivity index (χ1v) is 14.8. The van der Waals surface area contributed by atoms with Crippen LogP contribution in [0.3, 0.4) is 0 Å². The third kappa shape index (κ3) is 5.70. The van der Waals surface area contributed by atoms with Crippen molar-refractivity contribution in [3.05, 3.63) is 88.5 Å². The number of benzene rings is 2. The van der Waals surface area contributed by atoms with Gasteiger partial charge in [-0.15, -0.1) is 11.3 Å². The van der Waals surface area contributed by atoms with E-state index in [0.717, 1.165) is 58.7 Å². The van der Waals surface area contributed by atoms with Crippen LogP contribution in [0.1, 0.15) is 41.1 Å². The number of hydrogen-bond acceptors (Lipinski definition) is 7. The van der Waals surface area contributed by atoms with E-state index in [1.54, 1.807) is 18.5 Å². The van der Waals surface area contributed by atoms with E-state index in [1.165, 1.54) is 23.6 Å². The number of carbonyl (C=O) groups excluding carboxylic acids is 1. The van der Waals surface area contributed by atoms with Crippen LogP contribution in [0.5, 0.6) is 11.5 Å². The molecule has 2 N–H and O–H groups in total. The van der Waals surface area contributed by atoms with Crippen molar-refractivity contribution < 1.29 is 18.7 Å². The van der Waals surface area contributed by atoms with E-state index in [4.69, 9.17) is 26.8 Å². The molecular formula is C31H29ClFN5O3S. The molecule has 1 saturated heterocycles. The molecule has 6 rings (SSSR count). The van der Waals surface area contributed by atoms with Crippen LogP contribution in [0.4, 0.5) is 4.39 Å². The molecule has 0 radical (unpaired) electrons. The van der Waals surface area contributed by atoms with Gasteiger partial charge in [0.2, 0.25) is 5.95 Å². The molecule has 11 heteroatoms. The highest BCUT2D eigenvalue weighted by Gasteiger charge is 2.24. The fourth-order valence-corrected chi connectivity index (χ4v) is 6.37. The Balaban J connectivity index is 1.25. The van der Waals surface area contributed by atoms with E-state index in [2.05, 4.69) is 21.9 Å². The topological polar surface area (TPSA) is 95.5 Å². The Morgan fingerprint density at radius 1 is 1.10 bits per heavy atom. The number of ether oxygens (including phenoxy) is 2. The Kier molecular flexibility index (Phi) is 7.85. The van der Waals surface area contributed by atoms with Crippen LogP contribution in [0, 0.1) is 5.95 Å². The fourth-order valence-electron chi connectivity index (χ4n) is 5.12. The van der Waals surface area contributed by atoms with Crippen LogP contribution in [-0.4, -0.2) is 51.6 Å². The van der Waals surface area contributed by atoms with Gasteiger partial charge in [0, 0.05) is 36.5 Å². The predicted molar refractivity (Wildman–Crippen MR) is 162 cm³/mol. The van der Waals surface area contributed by atoms with Gasteiger partial charge in [-0.05, 0) is 62.7 Å². The smallest absolute Gasteiger partial charge is 0.262 e. The van der Waals surface area contributed by atoms with Crippen molar-refractivity contribution in [1.29, 1.82) is 0 Å². The number of nitrogens with two attached hydrogens (primary N) is 1. The number of hydrogen-bond donors (Lipinski definition) is 1. The monoisotopic (exact) mass is 605 g/mol. The lowest BCUT2D eigenvalue weighted by atomic mass is 10.1. The minimum Gasteiger partial charge on any atom is -0.489 e. The number of halogens is 2. The molecule has 1 aliphatic heterocycles. The molecule has 42 heavy (non-hydrogen) atoms. The molecule has 4 heterocycles. The van der Waals surface area contributed by atoms with Crippen LogP contribution in [0.25, 0.3) is 27.2 Å². The Hall–Kier alpha value is -3.99. The first-order chi connectivity index (χ1) is 20.3. The summed E-state index contributed by atoms with van der Waals surface area (Å²) in [5.41, 5.74) is 9.71. The standard InChI is InChI=1S/C31H29ClFN5O3S/c1-18(22-4-3-5-25(29(22)32)41-21-10-12-37(2)13-11-21)40-26-15-28(42-30(26)31(34)39)38-17-36-23-14-19(6-8-24(23)38)20-7-9-27(33)35-16-20/h3-9,14-18,21H,10-13H2,1-2H3,(H2,34,39). The zero-order chi connectivity index (χ0) is 29.4. The van der Waals surface area contributed by atoms with Gasteiger partial charge in [-0.25, -0.2) is 9.97 Å². The third-order valence-corrected chi connectivity index (χ3v) is 8.98. The minimum atomic E-state index is -0.589. The molecule has 1 amide bonds. The first-order valence-electron chi connectivity index (χ1n) is 13.6. The molecular weight excluding hydrogens is 577 g/mol. The van der Waals surface area contributed by atoms with Crippen molar-refractivity contribution in [3.8, 4) is 27.6 Å². The van der Waals surface area contributed by atoms with Gasteiger partial charge in [0.1, 0.15) is 39.9 Å². The Labute approximate surface area is 251 Å². The summed E-state index contributed by atoms with van der Waals surface area (Å²) in [4.78, 5) is 23.3. The van der Waals surface area contributed by atoms with E-state index in [1.807, 2.05) is 47.9 Å². The Morgan fingerprint density at radius 2 is 1.88 bits per heavy atom. The van der Waals surface area contributed by atoms with Crippen LogP contribution >= 0.6 is 22.9 Å². The number of amides is 1. The number of carbonyl (C=O) groups is 1. The van der Waals surface area contributed by atoms with Crippen molar-refractivity contribution in [2.75, 3.05) is 20.1 Å². The lowest BCUT2D eigenvalue weighted by molar-refractivity contribution is 0.0998. The van der Waals surface area contributed by atoms with Gasteiger partial charge in [0.05, 0.1) is 16.1 Å². The fraction of sp³-hybridized carbons (Fsp3) is 0.258. The second-order valence-electron chi connectivity index (χ2n) is 10.4. The molecule has 1 atom stereocenters. The van der Waals surface area contributed by atoms with Gasteiger partial charge in [-0.2, -0.15) is 4.39 Å². The van der Waals surface area contributed by atoms with E-state index < -0.39 is 18.0 Å². The summed E-state index contributed by atoms with van der Waals surface area (Å²) < 4.78 is 27.7. The molecule has 216 valence electrons. The van der Waals surface area contributed by atoms with Crippen molar-refractivity contribution in [2.24, 2.45) is 5.73 Å². The maximum atomic E-state index is 13.3. The average molecular weight is 606 g/mol. The van der Waals surface area contributed by atoms with Crippen LogP contribution in [-0.2, 0) is 0 Å². The van der Waals surface area contributed by atoms with Gasteiger partial charge in [-0.3, -0.25) is 9.36 Å². The second kappa shape index (κ2) is 11.7. The van der Waals surface area contributed by atoms with Gasteiger partial charge < -0.3 is 20.1 Å². The number of rotatable bonds is 8. The summed E-state index contributed by atoms with van der Waals surface area (Å²) in [5, 5.41) is 1.21. The van der Waals surface area contributed by atoms with Gasteiger partial charge in [0.15, 0.2) is 0 Å². The lowest BCUT2D eigenvalue weighted by Crippen LogP contribution is -2.35. The molecule has 1 fully saturated rings. The number of aromatic nitrogens is 3. The molecule has 0 spiro atoms. The Morgan fingerprint density at radius 3 is 2.62 bits per heavy atom. The highest BCUT2D eigenvalue weighted by atomic mass is 35.5. The number of thiophene rings is 1. The maximum absolute atomic E-state index is 13.3. The van der Waals surface area contributed by atoms with E-state index >= 15 is 0 Å². The van der Waals surface area contributed by atoms with E-state index in [9.17, 15) is 9.18 Å². The summed E-state index contributed by atoms with van der Waals surface area (Å²) in [6.07, 6.45) is 4.68. The van der Waals surface area contributed by atoms with E-state index in [0.29, 0.717) is 21.4 Å². The summed E-state index contributed by atoms with van der Waals surface area (Å²) in [6, 6.07) is 16.2. The predicted octanol–water partition coefficient (Wildman–Crippen LogP) is 6.65. The maximum Gasteiger partial charge on any atom is 0.262 e. The quantitative estimate of drug-likeness (QED) is 0.199. The number of nitrogens with zero attached hydrogens (tertiary/aromatic N) is 4. The lowest BCUT2D eigenvalue weighted by Gasteiger charge is -2.30. The second-order valence-corrected chi connectivity index (χ2v) is 11.8. The normalized spacial score (nSPS) is 15.1. The number of pyridine rings is 1. The minimum absolute atomic E-state index is 0.111. The summed E-state index contributed by atoms with van der Waals surface area (Å²) in [5.74, 6) is -0.130. The molecule has 2 aromatic carbocycles. The number of likely N-dealkylation sites (tertiary alicyclic amines) is 1. The number of piperidine rings is 1. The molecule has 0 saturated carbocycles. The largest absolute Gasteiger partial charge is 0.489 e. The van der Waals surface area contributed by atoms with Crippen LogP contribution in [0.2, 0.25) is 5.02 Å². The Bertz CT molecular complexity index is 1750. The zero-order valence-electron chi connectivity index (χ0n) is 23.1. The summed E-state index contributed by atoms with van der Waals surface area (Å²) >= 11 is 8.02. The molecule has 8 nitrogen and oxygen atoms in total. The number of primary amides is 1. The first kappa shape index (κ1) is 28.1. The molecule has 3 aromatic heterocycles. The summed E-state index contributed by atoms with van der Waals surface area (Å²) in [6.45, 7) is 3.84.